The Hall–Kier alpha value is 0.310. The minimum atomic E-state index is 0. The highest BCUT2D eigenvalue weighted by Gasteiger charge is 2.35. The Labute approximate surface area is 151 Å². The standard InChI is InChI=1S/C15H31N3OS.HI/c1-15(2,3)13-12(7-6-9-19-13)11-18-14(16-4)17-8-10-20-5;/h12-13H,6-11H2,1-5H3,(H2,16,17,18);1H. The van der Waals surface area contributed by atoms with Gasteiger partial charge < -0.3 is 15.4 Å². The molecule has 1 saturated heterocycles. The monoisotopic (exact) mass is 429 g/mol. The first-order chi connectivity index (χ1) is 9.49. The van der Waals surface area contributed by atoms with Gasteiger partial charge in [0.2, 0.25) is 0 Å². The SMILES string of the molecule is CN=C(NCCSC)NCC1CCCOC1C(C)(C)C.I. The van der Waals surface area contributed by atoms with Crippen LogP contribution in [0, 0.1) is 11.3 Å². The van der Waals surface area contributed by atoms with Crippen LogP contribution in [0.1, 0.15) is 33.6 Å². The number of hydrogen-bond acceptors (Lipinski definition) is 3. The lowest BCUT2D eigenvalue weighted by atomic mass is 9.78. The van der Waals surface area contributed by atoms with Gasteiger partial charge in [0.25, 0.3) is 0 Å². The molecule has 1 fully saturated rings. The summed E-state index contributed by atoms with van der Waals surface area (Å²) in [6.45, 7) is 9.58. The quantitative estimate of drug-likeness (QED) is 0.305. The van der Waals surface area contributed by atoms with Crippen molar-refractivity contribution in [2.75, 3.05) is 38.8 Å². The summed E-state index contributed by atoms with van der Waals surface area (Å²) in [6.07, 6.45) is 4.84. The third kappa shape index (κ3) is 7.93. The Kier molecular flexibility index (Phi) is 11.1. The van der Waals surface area contributed by atoms with Crippen LogP contribution in [0.3, 0.4) is 0 Å². The molecule has 0 aromatic heterocycles. The lowest BCUT2D eigenvalue weighted by Crippen LogP contribution is -2.47. The molecule has 1 heterocycles. The molecule has 21 heavy (non-hydrogen) atoms. The van der Waals surface area contributed by atoms with Gasteiger partial charge in [-0.15, -0.1) is 24.0 Å². The van der Waals surface area contributed by atoms with Crippen LogP contribution in [0.15, 0.2) is 4.99 Å². The first-order valence-corrected chi connectivity index (χ1v) is 8.93. The lowest BCUT2D eigenvalue weighted by molar-refractivity contribution is -0.0835. The van der Waals surface area contributed by atoms with E-state index >= 15 is 0 Å². The minimum Gasteiger partial charge on any atom is -0.377 e. The van der Waals surface area contributed by atoms with E-state index in [0.29, 0.717) is 12.0 Å². The van der Waals surface area contributed by atoms with Gasteiger partial charge in [-0.25, -0.2) is 0 Å². The highest BCUT2D eigenvalue weighted by atomic mass is 127. The third-order valence-electron chi connectivity index (χ3n) is 3.65. The molecule has 2 atom stereocenters. The fraction of sp³-hybridized carbons (Fsp3) is 0.933. The molecule has 0 bridgehead atoms. The van der Waals surface area contributed by atoms with Crippen molar-refractivity contribution in [3.63, 3.8) is 0 Å². The number of thioether (sulfide) groups is 1. The van der Waals surface area contributed by atoms with Crippen molar-refractivity contribution in [1.82, 2.24) is 10.6 Å². The summed E-state index contributed by atoms with van der Waals surface area (Å²) in [6, 6.07) is 0. The second kappa shape index (κ2) is 10.9. The topological polar surface area (TPSA) is 45.7 Å². The van der Waals surface area contributed by atoms with E-state index in [0.717, 1.165) is 37.8 Å². The van der Waals surface area contributed by atoms with Gasteiger partial charge in [-0.1, -0.05) is 20.8 Å². The number of ether oxygens (including phenoxy) is 1. The normalized spacial score (nSPS) is 23.4. The summed E-state index contributed by atoms with van der Waals surface area (Å²) >= 11 is 1.84. The zero-order valence-corrected chi connectivity index (χ0v) is 17.2. The highest BCUT2D eigenvalue weighted by Crippen LogP contribution is 2.33. The van der Waals surface area contributed by atoms with E-state index < -0.39 is 0 Å². The Morgan fingerprint density at radius 3 is 2.62 bits per heavy atom. The summed E-state index contributed by atoms with van der Waals surface area (Å²) in [4.78, 5) is 4.28. The Morgan fingerprint density at radius 2 is 2.05 bits per heavy atom. The second-order valence-corrected chi connectivity index (χ2v) is 7.42. The summed E-state index contributed by atoms with van der Waals surface area (Å²) in [5.74, 6) is 2.55. The average Bonchev–Trinajstić information content (AvgIpc) is 2.42. The Morgan fingerprint density at radius 1 is 1.33 bits per heavy atom. The summed E-state index contributed by atoms with van der Waals surface area (Å²) in [5, 5.41) is 6.79. The van der Waals surface area contributed by atoms with Crippen molar-refractivity contribution in [2.45, 2.75) is 39.7 Å². The van der Waals surface area contributed by atoms with Gasteiger partial charge in [-0.2, -0.15) is 11.8 Å². The summed E-state index contributed by atoms with van der Waals surface area (Å²) in [7, 11) is 1.83. The number of halogens is 1. The average molecular weight is 429 g/mol. The van der Waals surface area contributed by atoms with Gasteiger partial charge in [0.1, 0.15) is 0 Å². The predicted octanol–water partition coefficient (Wildman–Crippen LogP) is 2.97. The number of aliphatic imine (C=N–C) groups is 1. The van der Waals surface area contributed by atoms with Crippen LogP contribution in [0.25, 0.3) is 0 Å². The zero-order chi connectivity index (χ0) is 15.0. The molecule has 0 radical (unpaired) electrons. The fourth-order valence-electron chi connectivity index (χ4n) is 2.73. The van der Waals surface area contributed by atoms with Crippen molar-refractivity contribution in [3.05, 3.63) is 0 Å². The van der Waals surface area contributed by atoms with Gasteiger partial charge in [0.05, 0.1) is 6.10 Å². The van der Waals surface area contributed by atoms with E-state index in [1.807, 2.05) is 18.8 Å². The fourth-order valence-corrected chi connectivity index (χ4v) is 3.04. The first kappa shape index (κ1) is 21.3. The molecule has 0 saturated carbocycles. The lowest BCUT2D eigenvalue weighted by Gasteiger charge is -2.40. The molecule has 2 unspecified atom stereocenters. The largest absolute Gasteiger partial charge is 0.377 e. The van der Waals surface area contributed by atoms with E-state index in [-0.39, 0.29) is 29.4 Å². The molecule has 1 aliphatic heterocycles. The third-order valence-corrected chi connectivity index (χ3v) is 4.26. The van der Waals surface area contributed by atoms with E-state index in [4.69, 9.17) is 4.74 Å². The highest BCUT2D eigenvalue weighted by molar-refractivity contribution is 14.0. The molecule has 1 rings (SSSR count). The summed E-state index contributed by atoms with van der Waals surface area (Å²) in [5.41, 5.74) is 0.197. The molecule has 0 aromatic rings. The van der Waals surface area contributed by atoms with E-state index in [1.54, 1.807) is 0 Å². The van der Waals surface area contributed by atoms with Crippen LogP contribution in [0.4, 0.5) is 0 Å². The van der Waals surface area contributed by atoms with Crippen LogP contribution < -0.4 is 10.6 Å². The molecule has 1 aliphatic rings. The maximum atomic E-state index is 6.02. The van der Waals surface area contributed by atoms with Crippen LogP contribution in [-0.2, 0) is 4.74 Å². The number of rotatable bonds is 5. The number of hydrogen-bond donors (Lipinski definition) is 2. The van der Waals surface area contributed by atoms with Gasteiger partial charge in [0, 0.05) is 38.4 Å². The number of nitrogens with zero attached hydrogens (tertiary/aromatic N) is 1. The zero-order valence-electron chi connectivity index (χ0n) is 14.1. The molecule has 0 aliphatic carbocycles. The van der Waals surface area contributed by atoms with Crippen LogP contribution in [0.5, 0.6) is 0 Å². The van der Waals surface area contributed by atoms with Gasteiger partial charge in [0.15, 0.2) is 5.96 Å². The Bertz CT molecular complexity index is 308. The maximum Gasteiger partial charge on any atom is 0.191 e. The molecule has 2 N–H and O–H groups in total. The van der Waals surface area contributed by atoms with E-state index in [2.05, 4.69) is 42.7 Å². The molecule has 4 nitrogen and oxygen atoms in total. The van der Waals surface area contributed by atoms with E-state index in [1.165, 1.54) is 6.42 Å². The van der Waals surface area contributed by atoms with Gasteiger partial charge >= 0.3 is 0 Å². The second-order valence-electron chi connectivity index (χ2n) is 6.43. The molecule has 0 spiro atoms. The summed E-state index contributed by atoms with van der Waals surface area (Å²) < 4.78 is 6.02. The van der Waals surface area contributed by atoms with Crippen LogP contribution >= 0.6 is 35.7 Å². The number of nitrogens with one attached hydrogen (secondary N) is 2. The van der Waals surface area contributed by atoms with Crippen molar-refractivity contribution in [1.29, 1.82) is 0 Å². The van der Waals surface area contributed by atoms with Gasteiger partial charge in [-0.05, 0) is 24.5 Å². The van der Waals surface area contributed by atoms with Crippen molar-refractivity contribution < 1.29 is 4.74 Å². The molecular weight excluding hydrogens is 397 g/mol. The number of guanidine groups is 1. The van der Waals surface area contributed by atoms with Crippen molar-refractivity contribution in [3.8, 4) is 0 Å². The van der Waals surface area contributed by atoms with E-state index in [9.17, 15) is 0 Å². The molecular formula is C15H32IN3OS. The minimum absolute atomic E-state index is 0. The van der Waals surface area contributed by atoms with Crippen LogP contribution in [-0.4, -0.2) is 50.8 Å². The van der Waals surface area contributed by atoms with Crippen molar-refractivity contribution >= 4 is 41.7 Å². The Balaban J connectivity index is 0.00000400. The van der Waals surface area contributed by atoms with Gasteiger partial charge in [-0.3, -0.25) is 4.99 Å². The first-order valence-electron chi connectivity index (χ1n) is 7.54. The molecule has 0 amide bonds. The maximum absolute atomic E-state index is 6.02. The predicted molar refractivity (Wildman–Crippen MR) is 105 cm³/mol. The molecule has 0 aromatic carbocycles. The van der Waals surface area contributed by atoms with Crippen molar-refractivity contribution in [2.24, 2.45) is 16.3 Å². The van der Waals surface area contributed by atoms with Crippen LogP contribution in [0.2, 0.25) is 0 Å². The smallest absolute Gasteiger partial charge is 0.191 e. The molecule has 6 heteroatoms. The molecule has 126 valence electrons.